The Morgan fingerprint density at radius 1 is 0.769 bits per heavy atom. The summed E-state index contributed by atoms with van der Waals surface area (Å²) in [6, 6.07) is 22.4. The van der Waals surface area contributed by atoms with Crippen molar-refractivity contribution in [2.24, 2.45) is 0 Å². The van der Waals surface area contributed by atoms with Gasteiger partial charge in [-0.2, -0.15) is 0 Å². The van der Waals surface area contributed by atoms with Gasteiger partial charge in [0.1, 0.15) is 0 Å². The Balaban J connectivity index is 2.04. The lowest BCUT2D eigenvalue weighted by Crippen LogP contribution is -2.28. The van der Waals surface area contributed by atoms with Gasteiger partial charge in [0.15, 0.2) is 5.52 Å². The average molecular weight is 361 g/mol. The van der Waals surface area contributed by atoms with Crippen LogP contribution in [-0.4, -0.2) is 9.94 Å². The minimum atomic E-state index is 0.165. The molecule has 4 aromatic carbocycles. The summed E-state index contributed by atoms with van der Waals surface area (Å²) in [5.74, 6) is 0.165. The minimum absolute atomic E-state index is 0.165. The first-order valence-corrected chi connectivity index (χ1v) is 8.57. The first kappa shape index (κ1) is 15.0. The molecule has 5 aromatic rings. The van der Waals surface area contributed by atoms with Gasteiger partial charge in [0, 0.05) is 15.8 Å². The molecule has 5 rings (SSSR count). The molecule has 26 heavy (non-hydrogen) atoms. The summed E-state index contributed by atoms with van der Waals surface area (Å²) in [5, 5.41) is 28.3. The van der Waals surface area contributed by atoms with Gasteiger partial charge in [0.25, 0.3) is 0 Å². The Morgan fingerprint density at radius 2 is 1.31 bits per heavy atom. The van der Waals surface area contributed by atoms with Crippen LogP contribution < -0.4 is 4.73 Å². The number of rotatable bonds is 1. The standard InChI is InChI=1S/C21H13ClN2O2/c22-14-11-9-13(10-12-14)21-23(25)19-17-7-3-1-5-15(17)16-6-2-4-8-18(16)20(19)24(21)26/h1-12,25H. The van der Waals surface area contributed by atoms with Gasteiger partial charge in [0.05, 0.1) is 5.56 Å². The van der Waals surface area contributed by atoms with Crippen molar-refractivity contribution in [3.8, 4) is 11.4 Å². The predicted molar refractivity (Wildman–Crippen MR) is 104 cm³/mol. The largest absolute Gasteiger partial charge is 0.710 e. The molecule has 0 fully saturated rings. The van der Waals surface area contributed by atoms with Crippen LogP contribution in [0.2, 0.25) is 5.02 Å². The van der Waals surface area contributed by atoms with E-state index in [-0.39, 0.29) is 5.82 Å². The van der Waals surface area contributed by atoms with Gasteiger partial charge in [-0.05, 0) is 51.9 Å². The number of halogens is 1. The minimum Gasteiger partial charge on any atom is -0.710 e. The molecule has 0 aliphatic rings. The van der Waals surface area contributed by atoms with Gasteiger partial charge in [-0.1, -0.05) is 48.0 Å². The lowest BCUT2D eigenvalue weighted by Gasteiger charge is -2.06. The Bertz CT molecular complexity index is 1230. The van der Waals surface area contributed by atoms with Crippen LogP contribution in [0.4, 0.5) is 0 Å². The second kappa shape index (κ2) is 5.38. The maximum Gasteiger partial charge on any atom is 0.332 e. The highest BCUT2D eigenvalue weighted by Crippen LogP contribution is 2.35. The van der Waals surface area contributed by atoms with E-state index in [0.29, 0.717) is 21.6 Å². The maximum atomic E-state index is 13.2. The second-order valence-electron chi connectivity index (χ2n) is 6.23. The summed E-state index contributed by atoms with van der Waals surface area (Å²) in [6.07, 6.45) is 0. The smallest absolute Gasteiger partial charge is 0.332 e. The Labute approximate surface area is 153 Å². The van der Waals surface area contributed by atoms with E-state index in [0.717, 1.165) is 31.0 Å². The van der Waals surface area contributed by atoms with Crippen LogP contribution >= 0.6 is 11.6 Å². The van der Waals surface area contributed by atoms with Gasteiger partial charge in [-0.3, -0.25) is 0 Å². The Hall–Kier alpha value is -3.24. The molecule has 5 heteroatoms. The molecule has 0 radical (unpaired) electrons. The van der Waals surface area contributed by atoms with E-state index in [2.05, 4.69) is 0 Å². The van der Waals surface area contributed by atoms with E-state index in [1.54, 1.807) is 24.3 Å². The Kier molecular flexibility index (Phi) is 3.11. The molecule has 1 N–H and O–H groups in total. The summed E-state index contributed by atoms with van der Waals surface area (Å²) in [5.41, 5.74) is 1.54. The van der Waals surface area contributed by atoms with E-state index in [1.807, 2.05) is 48.5 Å². The molecule has 0 bridgehead atoms. The van der Waals surface area contributed by atoms with E-state index >= 15 is 0 Å². The molecule has 0 saturated heterocycles. The molecule has 0 aliphatic heterocycles. The molecule has 1 aromatic heterocycles. The monoisotopic (exact) mass is 360 g/mol. The van der Waals surface area contributed by atoms with E-state index in [4.69, 9.17) is 11.6 Å². The molecule has 1 heterocycles. The van der Waals surface area contributed by atoms with Gasteiger partial charge >= 0.3 is 5.82 Å². The fourth-order valence-corrected chi connectivity index (χ4v) is 3.79. The van der Waals surface area contributed by atoms with Crippen molar-refractivity contribution in [3.05, 3.63) is 83.0 Å². The number of hydrogen-bond acceptors (Lipinski definition) is 2. The van der Waals surface area contributed by atoms with Crippen LogP contribution in [0.25, 0.3) is 44.0 Å². The van der Waals surface area contributed by atoms with Crippen molar-refractivity contribution in [3.63, 3.8) is 0 Å². The summed E-state index contributed by atoms with van der Waals surface area (Å²) >= 11 is 5.96. The Morgan fingerprint density at radius 3 is 1.96 bits per heavy atom. The lowest BCUT2D eigenvalue weighted by molar-refractivity contribution is -0.566. The van der Waals surface area contributed by atoms with Crippen molar-refractivity contribution >= 4 is 44.2 Å². The molecule has 126 valence electrons. The third kappa shape index (κ3) is 1.93. The zero-order valence-electron chi connectivity index (χ0n) is 13.6. The van der Waals surface area contributed by atoms with Crippen LogP contribution in [0, 0.1) is 5.21 Å². The highest BCUT2D eigenvalue weighted by Gasteiger charge is 2.27. The lowest BCUT2D eigenvalue weighted by atomic mass is 10.00. The summed E-state index contributed by atoms with van der Waals surface area (Å²) in [4.78, 5) is 0. The zero-order chi connectivity index (χ0) is 17.8. The van der Waals surface area contributed by atoms with E-state index in [9.17, 15) is 10.4 Å². The predicted octanol–water partition coefficient (Wildman–Crippen LogP) is 5.14. The second-order valence-corrected chi connectivity index (χ2v) is 6.66. The number of benzene rings is 4. The van der Waals surface area contributed by atoms with Crippen LogP contribution in [0.5, 0.6) is 0 Å². The number of nitrogens with zero attached hydrogens (tertiary/aromatic N) is 2. The molecule has 0 saturated carbocycles. The maximum absolute atomic E-state index is 13.2. The summed E-state index contributed by atoms with van der Waals surface area (Å²) in [6.45, 7) is 0. The fraction of sp³-hybridized carbons (Fsp3) is 0. The number of fused-ring (bicyclic) bond motifs is 6. The SMILES string of the molecule is [O-][n+]1c(-c2ccc(Cl)cc2)n(O)c2c3ccccc3c3ccccc3c21. The molecule has 0 unspecified atom stereocenters. The molecule has 0 aliphatic carbocycles. The van der Waals surface area contributed by atoms with Crippen LogP contribution in [-0.2, 0) is 0 Å². The quantitative estimate of drug-likeness (QED) is 0.195. The molecular formula is C21H13ClN2O2. The summed E-state index contributed by atoms with van der Waals surface area (Å²) < 4.78 is 1.79. The zero-order valence-corrected chi connectivity index (χ0v) is 14.3. The first-order chi connectivity index (χ1) is 12.7. The topological polar surface area (TPSA) is 52.1 Å². The van der Waals surface area contributed by atoms with Crippen molar-refractivity contribution < 1.29 is 9.94 Å². The van der Waals surface area contributed by atoms with E-state index in [1.165, 1.54) is 0 Å². The van der Waals surface area contributed by atoms with Crippen molar-refractivity contribution in [2.45, 2.75) is 0 Å². The van der Waals surface area contributed by atoms with Crippen molar-refractivity contribution in [1.29, 1.82) is 0 Å². The molecule has 4 nitrogen and oxygen atoms in total. The van der Waals surface area contributed by atoms with Crippen LogP contribution in [0.1, 0.15) is 0 Å². The van der Waals surface area contributed by atoms with Gasteiger partial charge < -0.3 is 10.4 Å². The van der Waals surface area contributed by atoms with Crippen LogP contribution in [0.15, 0.2) is 72.8 Å². The van der Waals surface area contributed by atoms with E-state index < -0.39 is 0 Å². The molecule has 0 spiro atoms. The third-order valence-corrected chi connectivity index (χ3v) is 5.04. The first-order valence-electron chi connectivity index (χ1n) is 8.19. The highest BCUT2D eigenvalue weighted by atomic mass is 35.5. The summed E-state index contributed by atoms with van der Waals surface area (Å²) in [7, 11) is 0. The highest BCUT2D eigenvalue weighted by molar-refractivity contribution is 6.30. The molecule has 0 amide bonds. The molecule has 0 atom stereocenters. The van der Waals surface area contributed by atoms with Gasteiger partial charge in [-0.15, -0.1) is 0 Å². The normalized spacial score (nSPS) is 11.6. The number of aromatic nitrogens is 2. The van der Waals surface area contributed by atoms with Crippen molar-refractivity contribution in [2.75, 3.05) is 0 Å². The third-order valence-electron chi connectivity index (χ3n) is 4.79. The van der Waals surface area contributed by atoms with Gasteiger partial charge in [0.2, 0.25) is 5.52 Å². The number of hydrogen-bond donors (Lipinski definition) is 1. The van der Waals surface area contributed by atoms with Crippen LogP contribution in [0.3, 0.4) is 0 Å². The van der Waals surface area contributed by atoms with Gasteiger partial charge in [-0.25, -0.2) is 4.73 Å². The van der Waals surface area contributed by atoms with Crippen molar-refractivity contribution in [1.82, 2.24) is 4.73 Å². The molecular weight excluding hydrogens is 348 g/mol. The number of imidazole rings is 1. The fourth-order valence-electron chi connectivity index (χ4n) is 3.66. The average Bonchev–Trinajstić information content (AvgIpc) is 2.94.